The van der Waals surface area contributed by atoms with Crippen LogP contribution in [0.4, 0.5) is 0 Å². The summed E-state index contributed by atoms with van der Waals surface area (Å²) in [6.07, 6.45) is 1.75. The van der Waals surface area contributed by atoms with Gasteiger partial charge in [0.2, 0.25) is 0 Å². The minimum absolute atomic E-state index is 0.442. The Morgan fingerprint density at radius 2 is 1.76 bits per heavy atom. The molecule has 0 unspecified atom stereocenters. The number of nitrogens with zero attached hydrogens (tertiary/aromatic N) is 1. The molecule has 0 amide bonds. The summed E-state index contributed by atoms with van der Waals surface area (Å²) < 4.78 is 0. The molecule has 0 atom stereocenters. The fourth-order valence-electron chi connectivity index (χ4n) is 1.70. The molecule has 0 spiro atoms. The van der Waals surface area contributed by atoms with Crippen molar-refractivity contribution in [2.24, 2.45) is 10.7 Å². The Bertz CT molecular complexity index is 591. The number of rotatable bonds is 6. The molecule has 0 fully saturated rings. The first-order valence-corrected chi connectivity index (χ1v) is 7.56. The third kappa shape index (κ3) is 5.36. The Balaban J connectivity index is 1.91. The van der Waals surface area contributed by atoms with Crippen molar-refractivity contribution in [1.29, 1.82) is 0 Å². The van der Waals surface area contributed by atoms with Gasteiger partial charge in [0.05, 0.1) is 6.54 Å². The molecule has 0 saturated heterocycles. The van der Waals surface area contributed by atoms with Crippen molar-refractivity contribution in [2.45, 2.75) is 16.3 Å². The minimum Gasteiger partial charge on any atom is -0.370 e. The van der Waals surface area contributed by atoms with E-state index in [0.29, 0.717) is 19.0 Å². The molecule has 2 aromatic rings. The summed E-state index contributed by atoms with van der Waals surface area (Å²) in [4.78, 5) is 6.73. The Kier molecular flexibility index (Phi) is 5.91. The van der Waals surface area contributed by atoms with Crippen LogP contribution in [-0.2, 0) is 6.54 Å². The lowest BCUT2D eigenvalue weighted by atomic mass is 10.2. The molecule has 0 radical (unpaired) electrons. The highest BCUT2D eigenvalue weighted by Crippen LogP contribution is 2.27. The Morgan fingerprint density at radius 1 is 1.10 bits per heavy atom. The van der Waals surface area contributed by atoms with E-state index < -0.39 is 0 Å². The van der Waals surface area contributed by atoms with Crippen molar-refractivity contribution in [3.05, 3.63) is 72.8 Å². The molecule has 21 heavy (non-hydrogen) atoms. The Morgan fingerprint density at radius 3 is 2.43 bits per heavy atom. The van der Waals surface area contributed by atoms with Gasteiger partial charge in [-0.2, -0.15) is 0 Å². The molecular weight excluding hydrogens is 278 g/mol. The predicted molar refractivity (Wildman–Crippen MR) is 90.5 cm³/mol. The zero-order chi connectivity index (χ0) is 14.9. The number of hydrogen-bond acceptors (Lipinski definition) is 2. The fraction of sp³-hybridized carbons (Fsp3) is 0.118. The van der Waals surface area contributed by atoms with Crippen molar-refractivity contribution in [1.82, 2.24) is 5.32 Å². The largest absolute Gasteiger partial charge is 0.370 e. The molecule has 2 aromatic carbocycles. The van der Waals surface area contributed by atoms with Gasteiger partial charge in [0, 0.05) is 16.3 Å². The molecule has 4 heteroatoms. The van der Waals surface area contributed by atoms with Gasteiger partial charge < -0.3 is 11.1 Å². The molecule has 0 aliphatic rings. The summed E-state index contributed by atoms with van der Waals surface area (Å²) in [5.74, 6) is 0.442. The molecule has 108 valence electrons. The number of guanidine groups is 1. The van der Waals surface area contributed by atoms with Crippen LogP contribution in [0.5, 0.6) is 0 Å². The quantitative estimate of drug-likeness (QED) is 0.488. The maximum Gasteiger partial charge on any atom is 0.189 e. The molecule has 2 rings (SSSR count). The van der Waals surface area contributed by atoms with E-state index in [9.17, 15) is 0 Å². The smallest absolute Gasteiger partial charge is 0.189 e. The number of benzene rings is 2. The summed E-state index contributed by atoms with van der Waals surface area (Å²) in [6, 6.07) is 18.7. The van der Waals surface area contributed by atoms with Crippen molar-refractivity contribution in [2.75, 3.05) is 6.54 Å². The first-order valence-electron chi connectivity index (χ1n) is 6.74. The number of nitrogens with one attached hydrogen (secondary N) is 1. The number of hydrogen-bond donors (Lipinski definition) is 2. The van der Waals surface area contributed by atoms with Crippen LogP contribution in [0.3, 0.4) is 0 Å². The van der Waals surface area contributed by atoms with Crippen molar-refractivity contribution >= 4 is 17.7 Å². The molecule has 0 saturated carbocycles. The maximum atomic E-state index is 5.73. The maximum absolute atomic E-state index is 5.73. The predicted octanol–water partition coefficient (Wildman–Crippen LogP) is 3.43. The van der Waals surface area contributed by atoms with Gasteiger partial charge in [-0.15, -0.1) is 6.58 Å². The lowest BCUT2D eigenvalue weighted by Gasteiger charge is -2.04. The number of nitrogens with two attached hydrogens (primary N) is 1. The van der Waals surface area contributed by atoms with Crippen molar-refractivity contribution < 1.29 is 0 Å². The zero-order valence-corrected chi connectivity index (χ0v) is 12.6. The van der Waals surface area contributed by atoms with E-state index in [4.69, 9.17) is 5.73 Å². The van der Waals surface area contributed by atoms with Gasteiger partial charge in [0.15, 0.2) is 5.96 Å². The SMILES string of the molecule is C=CCNC(N)=NCc1ccc(Sc2ccccc2)cc1. The van der Waals surface area contributed by atoms with Crippen LogP contribution in [0.2, 0.25) is 0 Å². The third-order valence-corrected chi connectivity index (χ3v) is 3.78. The summed E-state index contributed by atoms with van der Waals surface area (Å²) in [6.45, 7) is 4.82. The van der Waals surface area contributed by atoms with Crippen molar-refractivity contribution in [3.8, 4) is 0 Å². The second kappa shape index (κ2) is 8.17. The topological polar surface area (TPSA) is 50.4 Å². The van der Waals surface area contributed by atoms with Crippen LogP contribution in [0.15, 0.2) is 82.0 Å². The second-order valence-corrected chi connectivity index (χ2v) is 5.58. The van der Waals surface area contributed by atoms with E-state index in [-0.39, 0.29) is 0 Å². The first kappa shape index (κ1) is 15.2. The molecular formula is C17H19N3S. The van der Waals surface area contributed by atoms with Crippen LogP contribution in [0.1, 0.15) is 5.56 Å². The average molecular weight is 297 g/mol. The highest BCUT2D eigenvalue weighted by Gasteiger charge is 1.98. The average Bonchev–Trinajstić information content (AvgIpc) is 2.53. The highest BCUT2D eigenvalue weighted by atomic mass is 32.2. The van der Waals surface area contributed by atoms with E-state index in [1.165, 1.54) is 9.79 Å². The first-order chi connectivity index (χ1) is 10.3. The minimum atomic E-state index is 0.442. The van der Waals surface area contributed by atoms with Crippen LogP contribution in [0.25, 0.3) is 0 Å². The molecule has 0 aliphatic heterocycles. The molecule has 0 bridgehead atoms. The second-order valence-electron chi connectivity index (χ2n) is 4.43. The van der Waals surface area contributed by atoms with E-state index in [2.05, 4.69) is 53.3 Å². The molecule has 0 aromatic heterocycles. The summed E-state index contributed by atoms with van der Waals surface area (Å²) in [5, 5.41) is 2.95. The summed E-state index contributed by atoms with van der Waals surface area (Å²) in [5.41, 5.74) is 6.86. The zero-order valence-electron chi connectivity index (χ0n) is 11.8. The van der Waals surface area contributed by atoms with Gasteiger partial charge in [-0.05, 0) is 29.8 Å². The lowest BCUT2D eigenvalue weighted by molar-refractivity contribution is 0.969. The van der Waals surface area contributed by atoms with Crippen LogP contribution >= 0.6 is 11.8 Å². The van der Waals surface area contributed by atoms with Crippen LogP contribution in [0, 0.1) is 0 Å². The van der Waals surface area contributed by atoms with Gasteiger partial charge in [-0.1, -0.05) is 48.2 Å². The Labute approximate surface area is 130 Å². The van der Waals surface area contributed by atoms with Gasteiger partial charge in [-0.3, -0.25) is 0 Å². The summed E-state index contributed by atoms with van der Waals surface area (Å²) in [7, 11) is 0. The normalized spacial score (nSPS) is 11.1. The van der Waals surface area contributed by atoms with E-state index in [1.54, 1.807) is 17.8 Å². The van der Waals surface area contributed by atoms with E-state index >= 15 is 0 Å². The van der Waals surface area contributed by atoms with Crippen LogP contribution in [-0.4, -0.2) is 12.5 Å². The van der Waals surface area contributed by atoms with Gasteiger partial charge in [0.25, 0.3) is 0 Å². The van der Waals surface area contributed by atoms with Crippen LogP contribution < -0.4 is 11.1 Å². The highest BCUT2D eigenvalue weighted by molar-refractivity contribution is 7.99. The lowest BCUT2D eigenvalue weighted by Crippen LogP contribution is -2.31. The van der Waals surface area contributed by atoms with Gasteiger partial charge >= 0.3 is 0 Å². The Hall–Kier alpha value is -2.20. The standard InChI is InChI=1S/C17H19N3S/c1-2-12-19-17(18)20-13-14-8-10-16(11-9-14)21-15-6-4-3-5-7-15/h2-11H,1,12-13H2,(H3,18,19,20). The third-order valence-electron chi connectivity index (χ3n) is 2.76. The monoisotopic (exact) mass is 297 g/mol. The van der Waals surface area contributed by atoms with E-state index in [1.807, 2.05) is 18.2 Å². The molecule has 0 aliphatic carbocycles. The fourth-order valence-corrected chi connectivity index (χ4v) is 2.53. The van der Waals surface area contributed by atoms with Gasteiger partial charge in [0.1, 0.15) is 0 Å². The van der Waals surface area contributed by atoms with Crippen molar-refractivity contribution in [3.63, 3.8) is 0 Å². The molecule has 3 nitrogen and oxygen atoms in total. The van der Waals surface area contributed by atoms with Gasteiger partial charge in [-0.25, -0.2) is 4.99 Å². The summed E-state index contributed by atoms with van der Waals surface area (Å²) >= 11 is 1.75. The molecule has 3 N–H and O–H groups in total. The van der Waals surface area contributed by atoms with E-state index in [0.717, 1.165) is 5.56 Å². The molecule has 0 heterocycles. The number of aliphatic imine (C=N–C) groups is 1.